The molecule has 1 saturated heterocycles. The molecule has 2 aromatic heterocycles. The van der Waals surface area contributed by atoms with Gasteiger partial charge in [-0.25, -0.2) is 4.98 Å². The van der Waals surface area contributed by atoms with Crippen molar-refractivity contribution in [3.63, 3.8) is 0 Å². The number of hydrogen-bond donors (Lipinski definition) is 1. The summed E-state index contributed by atoms with van der Waals surface area (Å²) in [5.41, 5.74) is -1.01. The number of hydrogen-bond acceptors (Lipinski definition) is 10. The number of fused-ring (bicyclic) bond motifs is 1. The Hall–Kier alpha value is -3.75. The Morgan fingerprint density at radius 2 is 2.06 bits per heavy atom. The number of nitrogens with zero attached hydrogens (tertiary/aromatic N) is 6. The molecule has 0 bridgehead atoms. The van der Waals surface area contributed by atoms with Crippen LogP contribution in [0.1, 0.15) is 29.6 Å². The molecule has 0 saturated carbocycles. The predicted octanol–water partition coefficient (Wildman–Crippen LogP) is 2.78. The number of anilines is 1. The zero-order valence-electron chi connectivity index (χ0n) is 17.9. The average molecular weight is 510 g/mol. The summed E-state index contributed by atoms with van der Waals surface area (Å²) in [5.74, 6) is -1.75. The number of ketones is 1. The molecular weight excluding hydrogens is 493 g/mol. The highest BCUT2D eigenvalue weighted by Crippen LogP contribution is 2.44. The van der Waals surface area contributed by atoms with E-state index in [9.17, 15) is 22.8 Å². The number of halogens is 3. The number of carbonyl (C=O) groups excluding carboxylic acids is 1. The van der Waals surface area contributed by atoms with E-state index in [1.54, 1.807) is 6.20 Å². The molecule has 2 aliphatic heterocycles. The first kappa shape index (κ1) is 23.0. The third-order valence-electron chi connectivity index (χ3n) is 5.69. The van der Waals surface area contributed by atoms with Crippen molar-refractivity contribution in [1.29, 1.82) is 0 Å². The minimum absolute atomic E-state index is 0.0498. The molecule has 1 spiro atoms. The Morgan fingerprint density at radius 1 is 1.29 bits per heavy atom. The number of alkyl halides is 3. The molecule has 1 N–H and O–H groups in total. The van der Waals surface area contributed by atoms with Crippen LogP contribution in [0.3, 0.4) is 0 Å². The van der Waals surface area contributed by atoms with E-state index in [2.05, 4.69) is 25.1 Å². The Labute approximate surface area is 199 Å². The van der Waals surface area contributed by atoms with Crippen molar-refractivity contribution in [3.8, 4) is 22.2 Å². The quantitative estimate of drug-likeness (QED) is 0.546. The summed E-state index contributed by atoms with van der Waals surface area (Å²) in [7, 11) is 0. The van der Waals surface area contributed by atoms with E-state index in [-0.39, 0.29) is 23.6 Å². The standard InChI is InChI=1S/C20H17F3N6O5S/c21-20(22,23)34-13-3-1-2-12-16(13)11(30)8-19(33-12)4-6-28(7-5-19)18-24-9-14(35-18)17-25-27-29(26-17)10-15(31)32/h1-3,9H,4-8,10H2,(H,31,32). The van der Waals surface area contributed by atoms with E-state index < -0.39 is 36.0 Å². The molecule has 11 nitrogen and oxygen atoms in total. The van der Waals surface area contributed by atoms with Crippen LogP contribution in [0.25, 0.3) is 10.7 Å². The summed E-state index contributed by atoms with van der Waals surface area (Å²) < 4.78 is 48.3. The van der Waals surface area contributed by atoms with Gasteiger partial charge in [0.25, 0.3) is 0 Å². The second kappa shape index (κ2) is 8.48. The number of aromatic nitrogens is 5. The zero-order valence-corrected chi connectivity index (χ0v) is 18.7. The highest BCUT2D eigenvalue weighted by atomic mass is 32.1. The first-order chi connectivity index (χ1) is 16.6. The molecule has 0 amide bonds. The molecule has 15 heteroatoms. The van der Waals surface area contributed by atoms with E-state index in [4.69, 9.17) is 9.84 Å². The van der Waals surface area contributed by atoms with Gasteiger partial charge in [0.2, 0.25) is 5.82 Å². The molecule has 5 rings (SSSR count). The smallest absolute Gasteiger partial charge is 0.486 e. The van der Waals surface area contributed by atoms with Gasteiger partial charge in [-0.1, -0.05) is 17.4 Å². The molecule has 184 valence electrons. The average Bonchev–Trinajstić information content (AvgIpc) is 3.42. The molecule has 1 fully saturated rings. The first-order valence-electron chi connectivity index (χ1n) is 10.4. The number of carboxylic acid groups (broad SMARTS) is 1. The minimum Gasteiger partial charge on any atom is -0.486 e. The van der Waals surface area contributed by atoms with Crippen LogP contribution < -0.4 is 14.4 Å². The maximum Gasteiger partial charge on any atom is 0.573 e. The summed E-state index contributed by atoms with van der Waals surface area (Å²) in [4.78, 5) is 31.6. The van der Waals surface area contributed by atoms with Gasteiger partial charge >= 0.3 is 12.3 Å². The molecule has 0 atom stereocenters. The molecule has 0 aliphatic carbocycles. The Kier molecular flexibility index (Phi) is 5.57. The second-order valence-electron chi connectivity index (χ2n) is 8.09. The van der Waals surface area contributed by atoms with Crippen LogP contribution in [0.2, 0.25) is 0 Å². The largest absolute Gasteiger partial charge is 0.573 e. The minimum atomic E-state index is -4.91. The summed E-state index contributed by atoms with van der Waals surface area (Å²) >= 11 is 1.31. The topological polar surface area (TPSA) is 133 Å². The molecule has 4 heterocycles. The summed E-state index contributed by atoms with van der Waals surface area (Å²) in [6.45, 7) is 0.611. The number of benzene rings is 1. The number of carboxylic acids is 1. The monoisotopic (exact) mass is 510 g/mol. The van der Waals surface area contributed by atoms with Crippen molar-refractivity contribution in [2.45, 2.75) is 37.8 Å². The van der Waals surface area contributed by atoms with Crippen LogP contribution in [0.4, 0.5) is 18.3 Å². The van der Waals surface area contributed by atoms with E-state index in [1.807, 2.05) is 4.90 Å². The Bertz CT molecular complexity index is 1280. The van der Waals surface area contributed by atoms with Crippen molar-refractivity contribution in [3.05, 3.63) is 30.0 Å². The fourth-order valence-corrected chi connectivity index (χ4v) is 5.05. The van der Waals surface area contributed by atoms with Crippen LogP contribution in [0.15, 0.2) is 24.4 Å². The van der Waals surface area contributed by atoms with Crippen LogP contribution >= 0.6 is 11.3 Å². The lowest BCUT2D eigenvalue weighted by atomic mass is 9.82. The summed E-state index contributed by atoms with van der Waals surface area (Å²) in [6.07, 6.45) is -2.46. The van der Waals surface area contributed by atoms with Crippen molar-refractivity contribution >= 4 is 28.2 Å². The van der Waals surface area contributed by atoms with Gasteiger partial charge in [-0.3, -0.25) is 9.59 Å². The SMILES string of the molecule is O=C(O)Cn1nnc(-c2cnc(N3CCC4(CC3)CC(=O)c3c(OC(F)(F)F)cccc3O4)s2)n1. The van der Waals surface area contributed by atoms with Gasteiger partial charge in [-0.15, -0.1) is 23.4 Å². The van der Waals surface area contributed by atoms with Gasteiger partial charge in [0, 0.05) is 25.9 Å². The van der Waals surface area contributed by atoms with Crippen molar-refractivity contribution in [2.24, 2.45) is 0 Å². The van der Waals surface area contributed by atoms with Crippen LogP contribution in [-0.2, 0) is 11.3 Å². The first-order valence-corrected chi connectivity index (χ1v) is 11.2. The number of ether oxygens (including phenoxy) is 2. The highest BCUT2D eigenvalue weighted by molar-refractivity contribution is 7.18. The number of rotatable bonds is 5. The number of piperidine rings is 1. The molecule has 0 unspecified atom stereocenters. The van der Waals surface area contributed by atoms with Crippen LogP contribution in [0.5, 0.6) is 11.5 Å². The Balaban J connectivity index is 1.27. The van der Waals surface area contributed by atoms with Crippen LogP contribution in [0, 0.1) is 0 Å². The lowest BCUT2D eigenvalue weighted by molar-refractivity contribution is -0.274. The number of aliphatic carboxylic acids is 1. The molecular formula is C20H17F3N6O5S. The van der Waals surface area contributed by atoms with E-state index in [0.29, 0.717) is 35.9 Å². The fraction of sp³-hybridized carbons (Fsp3) is 0.400. The molecule has 35 heavy (non-hydrogen) atoms. The predicted molar refractivity (Wildman–Crippen MR) is 113 cm³/mol. The third-order valence-corrected chi connectivity index (χ3v) is 6.74. The highest BCUT2D eigenvalue weighted by Gasteiger charge is 2.45. The molecule has 0 radical (unpaired) electrons. The lowest BCUT2D eigenvalue weighted by Gasteiger charge is -2.44. The number of thiazole rings is 1. The van der Waals surface area contributed by atoms with Crippen molar-refractivity contribution in [2.75, 3.05) is 18.0 Å². The van der Waals surface area contributed by atoms with E-state index >= 15 is 0 Å². The van der Waals surface area contributed by atoms with Gasteiger partial charge in [-0.05, 0) is 17.3 Å². The zero-order chi connectivity index (χ0) is 24.8. The molecule has 1 aromatic carbocycles. The van der Waals surface area contributed by atoms with Gasteiger partial charge in [-0.2, -0.15) is 4.80 Å². The molecule has 3 aromatic rings. The second-order valence-corrected chi connectivity index (χ2v) is 9.10. The third kappa shape index (κ3) is 4.76. The maximum absolute atomic E-state index is 12.8. The fourth-order valence-electron chi connectivity index (χ4n) is 4.16. The van der Waals surface area contributed by atoms with E-state index in [1.165, 1.54) is 23.5 Å². The molecule has 2 aliphatic rings. The Morgan fingerprint density at radius 3 is 2.77 bits per heavy atom. The summed E-state index contributed by atoms with van der Waals surface area (Å²) in [5, 5.41) is 21.1. The van der Waals surface area contributed by atoms with Crippen LogP contribution in [-0.4, -0.2) is 67.1 Å². The van der Waals surface area contributed by atoms with Crippen molar-refractivity contribution < 1.29 is 37.3 Å². The number of tetrazole rings is 1. The van der Waals surface area contributed by atoms with Gasteiger partial charge in [0.1, 0.15) is 22.7 Å². The number of carbonyl (C=O) groups is 2. The van der Waals surface area contributed by atoms with Crippen molar-refractivity contribution in [1.82, 2.24) is 25.2 Å². The lowest BCUT2D eigenvalue weighted by Crippen LogP contribution is -2.51. The van der Waals surface area contributed by atoms with E-state index in [0.717, 1.165) is 10.9 Å². The summed E-state index contributed by atoms with van der Waals surface area (Å²) in [6, 6.07) is 3.93. The van der Waals surface area contributed by atoms with Gasteiger partial charge in [0.05, 0.1) is 17.5 Å². The maximum atomic E-state index is 12.8. The normalized spacial score (nSPS) is 17.2. The number of Topliss-reactive ketones (excluding diaryl/α,β-unsaturated/α-hetero) is 1. The van der Waals surface area contributed by atoms with Gasteiger partial charge < -0.3 is 19.5 Å². The van der Waals surface area contributed by atoms with Gasteiger partial charge in [0.15, 0.2) is 17.5 Å².